The summed E-state index contributed by atoms with van der Waals surface area (Å²) < 4.78 is 54.0. The molecule has 1 aromatic rings. The summed E-state index contributed by atoms with van der Waals surface area (Å²) in [5.74, 6) is -2.65. The van der Waals surface area contributed by atoms with E-state index in [2.05, 4.69) is 0 Å². The second-order valence-electron chi connectivity index (χ2n) is 3.68. The molecule has 0 radical (unpaired) electrons. The number of benzene rings is 1. The van der Waals surface area contributed by atoms with E-state index in [0.717, 1.165) is 12.1 Å². The van der Waals surface area contributed by atoms with Crippen molar-refractivity contribution < 1.29 is 21.9 Å². The van der Waals surface area contributed by atoms with Crippen LogP contribution in [0.4, 0.5) is 8.78 Å². The summed E-state index contributed by atoms with van der Waals surface area (Å²) in [6, 6.07) is 2.12. The molecule has 0 aromatic heterocycles. The zero-order valence-corrected chi connectivity index (χ0v) is 10.8. The number of hydrogen-bond acceptors (Lipinski definition) is 4. The van der Waals surface area contributed by atoms with Crippen LogP contribution >= 0.6 is 0 Å². The smallest absolute Gasteiger partial charge is 0.190 e. The molecule has 0 heterocycles. The molecule has 0 aliphatic heterocycles. The third-order valence-electron chi connectivity index (χ3n) is 2.37. The molecule has 0 aliphatic carbocycles. The Labute approximate surface area is 105 Å². The van der Waals surface area contributed by atoms with Gasteiger partial charge in [0.2, 0.25) is 0 Å². The van der Waals surface area contributed by atoms with Gasteiger partial charge in [0.15, 0.2) is 27.2 Å². The van der Waals surface area contributed by atoms with Gasteiger partial charge < -0.3 is 10.5 Å². The molecular formula is C11H15F2NO3S. The van der Waals surface area contributed by atoms with Crippen molar-refractivity contribution in [1.82, 2.24) is 0 Å². The maximum atomic E-state index is 13.4. The summed E-state index contributed by atoms with van der Waals surface area (Å²) in [4.78, 5) is 0. The van der Waals surface area contributed by atoms with Crippen molar-refractivity contribution in [2.24, 2.45) is 5.73 Å². The highest BCUT2D eigenvalue weighted by Gasteiger charge is 2.14. The zero-order valence-electron chi connectivity index (χ0n) is 9.95. The molecule has 0 saturated heterocycles. The molecule has 1 aromatic carbocycles. The second kappa shape index (κ2) is 6.10. The lowest BCUT2D eigenvalue weighted by Crippen LogP contribution is -2.16. The van der Waals surface area contributed by atoms with Crippen molar-refractivity contribution in [3.63, 3.8) is 0 Å². The van der Waals surface area contributed by atoms with Crippen LogP contribution in [0.25, 0.3) is 0 Å². The lowest BCUT2D eigenvalue weighted by atomic mass is 10.2. The molecular weight excluding hydrogens is 264 g/mol. The van der Waals surface area contributed by atoms with E-state index >= 15 is 0 Å². The predicted molar refractivity (Wildman–Crippen MR) is 64.1 cm³/mol. The van der Waals surface area contributed by atoms with Crippen LogP contribution in [-0.2, 0) is 16.4 Å². The van der Waals surface area contributed by atoms with E-state index in [4.69, 9.17) is 10.5 Å². The Kier molecular flexibility index (Phi) is 5.03. The standard InChI is InChI=1S/C11H15F2NO3S/c1-2-18(15,16)4-3-17-11-9(12)5-8(7-14)6-10(11)13/h5-6H,2-4,7,14H2,1H3. The van der Waals surface area contributed by atoms with E-state index in [0.29, 0.717) is 5.56 Å². The summed E-state index contributed by atoms with van der Waals surface area (Å²) in [6.07, 6.45) is 0. The number of rotatable bonds is 6. The highest BCUT2D eigenvalue weighted by atomic mass is 32.2. The number of nitrogens with two attached hydrogens (primary N) is 1. The van der Waals surface area contributed by atoms with Gasteiger partial charge in [0.25, 0.3) is 0 Å². The van der Waals surface area contributed by atoms with E-state index in [9.17, 15) is 17.2 Å². The van der Waals surface area contributed by atoms with Crippen LogP contribution in [0.15, 0.2) is 12.1 Å². The molecule has 0 fully saturated rings. The highest BCUT2D eigenvalue weighted by molar-refractivity contribution is 7.91. The van der Waals surface area contributed by atoms with Crippen molar-refractivity contribution in [3.8, 4) is 5.75 Å². The molecule has 0 bridgehead atoms. The maximum absolute atomic E-state index is 13.4. The Hall–Kier alpha value is -1.21. The second-order valence-corrected chi connectivity index (χ2v) is 6.15. The van der Waals surface area contributed by atoms with Crippen LogP contribution in [0.1, 0.15) is 12.5 Å². The molecule has 4 nitrogen and oxygen atoms in total. The largest absolute Gasteiger partial charge is 0.487 e. The van der Waals surface area contributed by atoms with Gasteiger partial charge in [0.05, 0.1) is 5.75 Å². The average molecular weight is 279 g/mol. The third-order valence-corrected chi connectivity index (χ3v) is 4.04. The van der Waals surface area contributed by atoms with E-state index in [1.54, 1.807) is 0 Å². The molecule has 0 unspecified atom stereocenters. The Balaban J connectivity index is 2.74. The fraction of sp³-hybridized carbons (Fsp3) is 0.455. The van der Waals surface area contributed by atoms with E-state index in [-0.39, 0.29) is 24.7 Å². The zero-order chi connectivity index (χ0) is 13.8. The molecule has 18 heavy (non-hydrogen) atoms. The van der Waals surface area contributed by atoms with Crippen LogP contribution in [0.3, 0.4) is 0 Å². The Bertz CT molecular complexity index is 494. The number of sulfone groups is 1. The number of hydrogen-bond donors (Lipinski definition) is 1. The Morgan fingerprint density at radius 2 is 1.83 bits per heavy atom. The molecule has 0 atom stereocenters. The molecule has 1 rings (SSSR count). The van der Waals surface area contributed by atoms with Crippen LogP contribution in [-0.4, -0.2) is 26.5 Å². The van der Waals surface area contributed by atoms with Crippen molar-refractivity contribution in [1.29, 1.82) is 0 Å². The Morgan fingerprint density at radius 3 is 2.28 bits per heavy atom. The van der Waals surface area contributed by atoms with E-state index in [1.807, 2.05) is 0 Å². The predicted octanol–water partition coefficient (Wildman–Crippen LogP) is 1.24. The van der Waals surface area contributed by atoms with Gasteiger partial charge in [-0.2, -0.15) is 0 Å². The molecule has 0 aliphatic rings. The number of halogens is 2. The molecule has 0 saturated carbocycles. The van der Waals surface area contributed by atoms with E-state index in [1.165, 1.54) is 6.92 Å². The van der Waals surface area contributed by atoms with Gasteiger partial charge in [0, 0.05) is 12.3 Å². The van der Waals surface area contributed by atoms with E-state index < -0.39 is 27.2 Å². The first-order chi connectivity index (χ1) is 8.39. The number of ether oxygens (including phenoxy) is 1. The van der Waals surface area contributed by atoms with Gasteiger partial charge in [0.1, 0.15) is 6.61 Å². The SMILES string of the molecule is CCS(=O)(=O)CCOc1c(F)cc(CN)cc1F. The summed E-state index contributed by atoms with van der Waals surface area (Å²) in [5, 5.41) is 0. The topological polar surface area (TPSA) is 69.4 Å². The summed E-state index contributed by atoms with van der Waals surface area (Å²) in [6.45, 7) is 1.22. The van der Waals surface area contributed by atoms with Crippen LogP contribution in [0, 0.1) is 11.6 Å². The van der Waals surface area contributed by atoms with Gasteiger partial charge in [-0.1, -0.05) is 6.92 Å². The first kappa shape index (κ1) is 14.8. The Morgan fingerprint density at radius 1 is 1.28 bits per heavy atom. The fourth-order valence-electron chi connectivity index (χ4n) is 1.28. The quantitative estimate of drug-likeness (QED) is 0.850. The van der Waals surface area contributed by atoms with Gasteiger partial charge in [-0.05, 0) is 17.7 Å². The van der Waals surface area contributed by atoms with Gasteiger partial charge in [-0.15, -0.1) is 0 Å². The summed E-state index contributed by atoms with van der Waals surface area (Å²) in [5.41, 5.74) is 5.56. The maximum Gasteiger partial charge on any atom is 0.190 e. The minimum atomic E-state index is -3.22. The van der Waals surface area contributed by atoms with Crippen molar-refractivity contribution >= 4 is 9.84 Å². The first-order valence-corrected chi connectivity index (χ1v) is 7.23. The van der Waals surface area contributed by atoms with Gasteiger partial charge in [-0.25, -0.2) is 17.2 Å². The highest BCUT2D eigenvalue weighted by Crippen LogP contribution is 2.23. The van der Waals surface area contributed by atoms with Crippen LogP contribution in [0.2, 0.25) is 0 Å². The first-order valence-electron chi connectivity index (χ1n) is 5.41. The lowest BCUT2D eigenvalue weighted by molar-refractivity contribution is 0.303. The fourth-order valence-corrected chi connectivity index (χ4v) is 1.91. The molecule has 0 spiro atoms. The summed E-state index contributed by atoms with van der Waals surface area (Å²) in [7, 11) is -3.22. The van der Waals surface area contributed by atoms with Crippen molar-refractivity contribution in [3.05, 3.63) is 29.3 Å². The molecule has 102 valence electrons. The van der Waals surface area contributed by atoms with Gasteiger partial charge in [-0.3, -0.25) is 0 Å². The minimum absolute atomic E-state index is 0.0122. The van der Waals surface area contributed by atoms with Crippen LogP contribution < -0.4 is 10.5 Å². The third kappa shape index (κ3) is 3.92. The lowest BCUT2D eigenvalue weighted by Gasteiger charge is -2.09. The van der Waals surface area contributed by atoms with Gasteiger partial charge >= 0.3 is 0 Å². The summed E-state index contributed by atoms with van der Waals surface area (Å²) >= 11 is 0. The monoisotopic (exact) mass is 279 g/mol. The molecule has 7 heteroatoms. The average Bonchev–Trinajstić information content (AvgIpc) is 2.32. The molecule has 0 amide bonds. The molecule has 2 N–H and O–H groups in total. The minimum Gasteiger partial charge on any atom is -0.487 e. The van der Waals surface area contributed by atoms with Crippen molar-refractivity contribution in [2.45, 2.75) is 13.5 Å². The van der Waals surface area contributed by atoms with Crippen molar-refractivity contribution in [2.75, 3.05) is 18.1 Å². The van der Waals surface area contributed by atoms with Crippen LogP contribution in [0.5, 0.6) is 5.75 Å². The normalized spacial score (nSPS) is 11.6.